The van der Waals surface area contributed by atoms with E-state index in [1.165, 1.54) is 24.3 Å². The fourth-order valence-electron chi connectivity index (χ4n) is 4.08. The SMILES string of the molecule is [C-]#[N+]C(C)(C)c1ccc(S(=O)(=O)Nc2ccc(Cl)c3c2C(=O)N(C(C)(C)c2cccnc2)C3=O)cc1. The molecule has 0 aliphatic carbocycles. The van der Waals surface area contributed by atoms with Crippen molar-refractivity contribution < 1.29 is 18.0 Å². The predicted octanol–water partition coefficient (Wildman–Crippen LogP) is 5.22. The zero-order valence-corrected chi connectivity index (χ0v) is 21.6. The Hall–Kier alpha value is -3.74. The fourth-order valence-corrected chi connectivity index (χ4v) is 5.39. The molecule has 1 aromatic heterocycles. The van der Waals surface area contributed by atoms with E-state index in [-0.39, 0.29) is 26.7 Å². The van der Waals surface area contributed by atoms with Crippen molar-refractivity contribution in [1.29, 1.82) is 0 Å². The number of fused-ring (bicyclic) bond motifs is 1. The van der Waals surface area contributed by atoms with Crippen molar-refractivity contribution in [2.45, 2.75) is 43.7 Å². The van der Waals surface area contributed by atoms with Crippen molar-refractivity contribution in [2.24, 2.45) is 0 Å². The predicted molar refractivity (Wildman–Crippen MR) is 136 cm³/mol. The first-order chi connectivity index (χ1) is 16.8. The number of nitrogens with zero attached hydrogens (tertiary/aromatic N) is 3. The first-order valence-corrected chi connectivity index (χ1v) is 12.8. The van der Waals surface area contributed by atoms with Crippen LogP contribution in [-0.4, -0.2) is 30.1 Å². The van der Waals surface area contributed by atoms with E-state index in [4.69, 9.17) is 18.2 Å². The Balaban J connectivity index is 1.74. The Morgan fingerprint density at radius 1 is 0.944 bits per heavy atom. The molecule has 0 bridgehead atoms. The molecular formula is C26H23ClN4O4S. The number of pyridine rings is 1. The molecule has 1 aliphatic heterocycles. The standard InChI is InChI=1S/C26H23ClN4O4S/c1-25(2,28-5)16-8-10-18(11-9-16)36(34,35)30-20-13-12-19(27)21-22(20)24(33)31(23(21)32)26(3,4)17-7-6-14-29-15-17/h6-15,30H,1-4H3. The summed E-state index contributed by atoms with van der Waals surface area (Å²) in [4.78, 5) is 35.6. The molecule has 2 amide bonds. The number of imide groups is 1. The van der Waals surface area contributed by atoms with Gasteiger partial charge in [-0.05, 0) is 61.9 Å². The lowest BCUT2D eigenvalue weighted by atomic mass is 9.94. The number of halogens is 1. The summed E-state index contributed by atoms with van der Waals surface area (Å²) >= 11 is 6.31. The molecule has 2 aromatic carbocycles. The fraction of sp³-hybridized carbons (Fsp3) is 0.231. The van der Waals surface area contributed by atoms with Crippen LogP contribution in [0.1, 0.15) is 59.5 Å². The van der Waals surface area contributed by atoms with Gasteiger partial charge in [-0.2, -0.15) is 0 Å². The third-order valence-corrected chi connectivity index (χ3v) is 8.01. The number of hydrogen-bond donors (Lipinski definition) is 1. The number of benzene rings is 2. The second-order valence-corrected chi connectivity index (χ2v) is 11.5. The second kappa shape index (κ2) is 8.73. The van der Waals surface area contributed by atoms with Gasteiger partial charge in [-0.3, -0.25) is 24.2 Å². The lowest BCUT2D eigenvalue weighted by Gasteiger charge is -2.34. The zero-order chi connectivity index (χ0) is 26.5. The van der Waals surface area contributed by atoms with Crippen molar-refractivity contribution in [3.8, 4) is 0 Å². The van der Waals surface area contributed by atoms with Crippen molar-refractivity contribution in [3.63, 3.8) is 0 Å². The van der Waals surface area contributed by atoms with E-state index in [2.05, 4.69) is 14.6 Å². The zero-order valence-electron chi connectivity index (χ0n) is 20.0. The van der Waals surface area contributed by atoms with Gasteiger partial charge in [-0.15, -0.1) is 0 Å². The summed E-state index contributed by atoms with van der Waals surface area (Å²) in [6, 6.07) is 12.1. The van der Waals surface area contributed by atoms with Crippen LogP contribution in [0.5, 0.6) is 0 Å². The highest BCUT2D eigenvalue weighted by Crippen LogP contribution is 2.41. The third-order valence-electron chi connectivity index (χ3n) is 6.31. The monoisotopic (exact) mass is 522 g/mol. The number of carbonyl (C=O) groups excluding carboxylic acids is 2. The number of carbonyl (C=O) groups is 2. The molecule has 2 heterocycles. The number of sulfonamides is 1. The van der Waals surface area contributed by atoms with Crippen LogP contribution in [0.4, 0.5) is 5.69 Å². The summed E-state index contributed by atoms with van der Waals surface area (Å²) in [7, 11) is -4.13. The molecule has 0 fully saturated rings. The second-order valence-electron chi connectivity index (χ2n) is 9.39. The molecule has 4 rings (SSSR count). The van der Waals surface area contributed by atoms with Gasteiger partial charge in [0.25, 0.3) is 27.4 Å². The number of aromatic nitrogens is 1. The maximum Gasteiger partial charge on any atom is 0.264 e. The van der Waals surface area contributed by atoms with Crippen molar-refractivity contribution >= 4 is 39.1 Å². The first kappa shape index (κ1) is 25.4. The lowest BCUT2D eigenvalue weighted by Crippen LogP contribution is -2.45. The number of amides is 2. The number of nitrogens with one attached hydrogen (secondary N) is 1. The Kier molecular flexibility index (Phi) is 6.15. The molecule has 1 aliphatic rings. The van der Waals surface area contributed by atoms with Gasteiger partial charge in [-0.25, -0.2) is 15.0 Å². The van der Waals surface area contributed by atoms with Crippen LogP contribution in [0, 0.1) is 6.57 Å². The van der Waals surface area contributed by atoms with Gasteiger partial charge in [0.05, 0.1) is 32.3 Å². The van der Waals surface area contributed by atoms with Crippen molar-refractivity contribution in [1.82, 2.24) is 9.88 Å². The van der Waals surface area contributed by atoms with Crippen molar-refractivity contribution in [2.75, 3.05) is 4.72 Å². The summed E-state index contributed by atoms with van der Waals surface area (Å²) in [5.74, 6) is -1.29. The van der Waals surface area contributed by atoms with Gasteiger partial charge >= 0.3 is 0 Å². The van der Waals surface area contributed by atoms with Crippen LogP contribution in [0.15, 0.2) is 65.8 Å². The topological polar surface area (TPSA) is 101 Å². The molecule has 1 N–H and O–H groups in total. The van der Waals surface area contributed by atoms with Gasteiger partial charge in [0.1, 0.15) is 0 Å². The van der Waals surface area contributed by atoms with E-state index >= 15 is 0 Å². The maximum absolute atomic E-state index is 13.6. The molecule has 184 valence electrons. The van der Waals surface area contributed by atoms with Crippen LogP contribution in [0.25, 0.3) is 4.85 Å². The van der Waals surface area contributed by atoms with E-state index in [0.717, 1.165) is 4.90 Å². The summed E-state index contributed by atoms with van der Waals surface area (Å²) in [5, 5.41) is 0.0431. The molecule has 0 saturated heterocycles. The van der Waals surface area contributed by atoms with E-state index in [0.29, 0.717) is 11.1 Å². The van der Waals surface area contributed by atoms with Gasteiger partial charge in [-0.1, -0.05) is 17.7 Å². The summed E-state index contributed by atoms with van der Waals surface area (Å²) in [5.41, 5.74) is -0.816. The highest BCUT2D eigenvalue weighted by Gasteiger charge is 2.47. The van der Waals surface area contributed by atoms with E-state index in [9.17, 15) is 18.0 Å². The van der Waals surface area contributed by atoms with Crippen LogP contribution in [0.3, 0.4) is 0 Å². The minimum Gasteiger partial charge on any atom is -0.306 e. The number of hydrogen-bond acceptors (Lipinski definition) is 5. The van der Waals surface area contributed by atoms with Gasteiger partial charge < -0.3 is 4.85 Å². The van der Waals surface area contributed by atoms with Crippen molar-refractivity contribution in [3.05, 3.63) is 99.6 Å². The Morgan fingerprint density at radius 3 is 2.17 bits per heavy atom. The average molecular weight is 523 g/mol. The normalized spacial score (nSPS) is 13.9. The molecule has 36 heavy (non-hydrogen) atoms. The highest BCUT2D eigenvalue weighted by molar-refractivity contribution is 7.92. The third kappa shape index (κ3) is 4.12. The molecule has 0 saturated carbocycles. The quantitative estimate of drug-likeness (QED) is 0.353. The highest BCUT2D eigenvalue weighted by atomic mass is 35.5. The summed E-state index contributed by atoms with van der Waals surface area (Å²) in [6.07, 6.45) is 3.15. The summed E-state index contributed by atoms with van der Waals surface area (Å²) in [6.45, 7) is 14.2. The number of anilines is 1. The smallest absolute Gasteiger partial charge is 0.264 e. The Morgan fingerprint density at radius 2 is 1.58 bits per heavy atom. The largest absolute Gasteiger partial charge is 0.306 e. The molecule has 8 nitrogen and oxygen atoms in total. The molecule has 0 spiro atoms. The van der Waals surface area contributed by atoms with Crippen LogP contribution >= 0.6 is 11.6 Å². The Labute approximate surface area is 214 Å². The number of rotatable bonds is 6. The lowest BCUT2D eigenvalue weighted by molar-refractivity contribution is 0.0475. The maximum atomic E-state index is 13.6. The van der Waals surface area contributed by atoms with Gasteiger partial charge in [0.15, 0.2) is 0 Å². The van der Waals surface area contributed by atoms with E-state index in [1.54, 1.807) is 64.4 Å². The average Bonchev–Trinajstić information content (AvgIpc) is 3.13. The minimum atomic E-state index is -4.13. The Bertz CT molecular complexity index is 1530. The first-order valence-electron chi connectivity index (χ1n) is 10.9. The van der Waals surface area contributed by atoms with Gasteiger partial charge in [0, 0.05) is 31.8 Å². The molecule has 0 unspecified atom stereocenters. The van der Waals surface area contributed by atoms with E-state index < -0.39 is 32.9 Å². The molecule has 0 atom stereocenters. The summed E-state index contributed by atoms with van der Waals surface area (Å²) < 4.78 is 28.8. The van der Waals surface area contributed by atoms with Crippen LogP contribution < -0.4 is 4.72 Å². The van der Waals surface area contributed by atoms with E-state index in [1.807, 2.05) is 0 Å². The molecular weight excluding hydrogens is 500 g/mol. The van der Waals surface area contributed by atoms with Gasteiger partial charge in [0.2, 0.25) is 0 Å². The molecule has 0 radical (unpaired) electrons. The minimum absolute atomic E-state index is 0.0431. The van der Waals surface area contributed by atoms with Crippen LogP contribution in [-0.2, 0) is 21.1 Å². The molecule has 10 heteroatoms. The molecule has 3 aromatic rings. The van der Waals surface area contributed by atoms with Crippen LogP contribution in [0.2, 0.25) is 5.02 Å².